The molecule has 2 N–H and O–H groups in total. The van der Waals surface area contributed by atoms with Crippen LogP contribution in [-0.4, -0.2) is 26.1 Å². The highest BCUT2D eigenvalue weighted by Crippen LogP contribution is 2.45. The number of guanidine groups is 1. The van der Waals surface area contributed by atoms with Crippen molar-refractivity contribution in [1.29, 1.82) is 0 Å². The minimum Gasteiger partial charge on any atom is -0.356 e. The first-order valence-corrected chi connectivity index (χ1v) is 7.06. The van der Waals surface area contributed by atoms with E-state index in [0.29, 0.717) is 5.41 Å². The van der Waals surface area contributed by atoms with Crippen molar-refractivity contribution in [3.8, 4) is 0 Å². The molecular weight excluding hydrogens is 337 g/mol. The lowest BCUT2D eigenvalue weighted by atomic mass is 9.64. The van der Waals surface area contributed by atoms with Gasteiger partial charge in [0.15, 0.2) is 5.96 Å². The molecule has 0 heterocycles. The van der Waals surface area contributed by atoms with Gasteiger partial charge in [-0.05, 0) is 37.0 Å². The largest absolute Gasteiger partial charge is 0.356 e. The number of nitrogens with zero attached hydrogens (tertiary/aromatic N) is 1. The summed E-state index contributed by atoms with van der Waals surface area (Å²) in [5.41, 5.74) is 0.540. The Hall–Kier alpha value is 0. The highest BCUT2D eigenvalue weighted by Gasteiger charge is 2.37. The van der Waals surface area contributed by atoms with Gasteiger partial charge >= 0.3 is 0 Å². The van der Waals surface area contributed by atoms with E-state index in [2.05, 4.69) is 36.4 Å². The Morgan fingerprint density at radius 3 is 2.33 bits per heavy atom. The van der Waals surface area contributed by atoms with Crippen molar-refractivity contribution >= 4 is 29.9 Å². The van der Waals surface area contributed by atoms with Crippen molar-refractivity contribution in [2.75, 3.05) is 20.1 Å². The summed E-state index contributed by atoms with van der Waals surface area (Å²) in [6.45, 7) is 8.90. The van der Waals surface area contributed by atoms with Crippen molar-refractivity contribution in [3.05, 3.63) is 0 Å². The lowest BCUT2D eigenvalue weighted by Gasteiger charge is -2.43. The molecule has 18 heavy (non-hydrogen) atoms. The van der Waals surface area contributed by atoms with E-state index in [0.717, 1.165) is 31.4 Å². The van der Waals surface area contributed by atoms with Gasteiger partial charge in [0.2, 0.25) is 0 Å². The number of hydrogen-bond donors (Lipinski definition) is 2. The van der Waals surface area contributed by atoms with Gasteiger partial charge < -0.3 is 10.6 Å². The Kier molecular flexibility index (Phi) is 8.99. The van der Waals surface area contributed by atoms with Crippen LogP contribution in [0.5, 0.6) is 0 Å². The van der Waals surface area contributed by atoms with Crippen molar-refractivity contribution in [2.45, 2.75) is 52.9 Å². The van der Waals surface area contributed by atoms with Gasteiger partial charge in [0.25, 0.3) is 0 Å². The topological polar surface area (TPSA) is 36.4 Å². The van der Waals surface area contributed by atoms with Gasteiger partial charge in [-0.2, -0.15) is 0 Å². The Morgan fingerprint density at radius 1 is 1.28 bits per heavy atom. The number of rotatable bonds is 6. The quantitative estimate of drug-likeness (QED) is 0.429. The van der Waals surface area contributed by atoms with Crippen LogP contribution in [0.4, 0.5) is 0 Å². The first-order chi connectivity index (χ1) is 8.12. The van der Waals surface area contributed by atoms with E-state index in [1.807, 2.05) is 7.05 Å². The highest BCUT2D eigenvalue weighted by atomic mass is 127. The van der Waals surface area contributed by atoms with E-state index >= 15 is 0 Å². The summed E-state index contributed by atoms with van der Waals surface area (Å²) in [6, 6.07) is 0. The van der Waals surface area contributed by atoms with Gasteiger partial charge in [0, 0.05) is 20.1 Å². The summed E-state index contributed by atoms with van der Waals surface area (Å²) in [6.07, 6.45) is 6.63. The molecular formula is C14H30IN3. The van der Waals surface area contributed by atoms with E-state index in [-0.39, 0.29) is 24.0 Å². The maximum absolute atomic E-state index is 4.26. The van der Waals surface area contributed by atoms with Gasteiger partial charge in [-0.15, -0.1) is 24.0 Å². The first-order valence-electron chi connectivity index (χ1n) is 7.06. The third-order valence-electron chi connectivity index (χ3n) is 3.65. The molecule has 1 rings (SSSR count). The second-order valence-electron chi connectivity index (χ2n) is 5.80. The molecule has 0 aliphatic heterocycles. The molecule has 108 valence electrons. The molecule has 0 amide bonds. The van der Waals surface area contributed by atoms with Crippen LogP contribution in [0.15, 0.2) is 4.99 Å². The summed E-state index contributed by atoms with van der Waals surface area (Å²) >= 11 is 0. The van der Waals surface area contributed by atoms with Crippen LogP contribution in [-0.2, 0) is 0 Å². The minimum atomic E-state index is 0. The Balaban J connectivity index is 0.00000289. The van der Waals surface area contributed by atoms with Crippen LogP contribution in [0.25, 0.3) is 0 Å². The number of hydrogen-bond acceptors (Lipinski definition) is 1. The zero-order chi connectivity index (χ0) is 12.7. The summed E-state index contributed by atoms with van der Waals surface area (Å²) < 4.78 is 0. The molecule has 0 atom stereocenters. The molecule has 0 bridgehead atoms. The lowest BCUT2D eigenvalue weighted by Crippen LogP contribution is -2.47. The van der Waals surface area contributed by atoms with Gasteiger partial charge in [-0.1, -0.05) is 27.2 Å². The Bertz CT molecular complexity index is 247. The van der Waals surface area contributed by atoms with Crippen LogP contribution < -0.4 is 10.6 Å². The van der Waals surface area contributed by atoms with Crippen LogP contribution in [0, 0.1) is 11.3 Å². The fraction of sp³-hybridized carbons (Fsp3) is 0.929. The maximum atomic E-state index is 4.26. The Labute approximate surface area is 130 Å². The number of halogens is 1. The van der Waals surface area contributed by atoms with Crippen LogP contribution in [0.2, 0.25) is 0 Å². The van der Waals surface area contributed by atoms with Gasteiger partial charge in [-0.3, -0.25) is 4.99 Å². The molecule has 0 aromatic heterocycles. The third kappa shape index (κ3) is 5.76. The summed E-state index contributed by atoms with van der Waals surface area (Å²) in [5.74, 6) is 1.75. The molecule has 0 aromatic rings. The van der Waals surface area contributed by atoms with Crippen molar-refractivity contribution < 1.29 is 0 Å². The number of nitrogens with one attached hydrogen (secondary N) is 2. The van der Waals surface area contributed by atoms with Crippen molar-refractivity contribution in [3.63, 3.8) is 0 Å². The smallest absolute Gasteiger partial charge is 0.190 e. The van der Waals surface area contributed by atoms with Crippen LogP contribution in [0.1, 0.15) is 52.9 Å². The predicted molar refractivity (Wildman–Crippen MR) is 90.8 cm³/mol. The van der Waals surface area contributed by atoms with E-state index in [9.17, 15) is 0 Å². The molecule has 3 nitrogen and oxygen atoms in total. The van der Waals surface area contributed by atoms with E-state index in [1.54, 1.807) is 0 Å². The van der Waals surface area contributed by atoms with Crippen LogP contribution >= 0.6 is 24.0 Å². The zero-order valence-corrected chi connectivity index (χ0v) is 14.7. The second-order valence-corrected chi connectivity index (χ2v) is 5.80. The molecule has 0 spiro atoms. The normalized spacial score (nSPS) is 17.9. The summed E-state index contributed by atoms with van der Waals surface area (Å²) in [5, 5.41) is 6.82. The SMILES string of the molecule is CCCNC(=NC)NCC1(CC(C)C)CCC1.I. The zero-order valence-electron chi connectivity index (χ0n) is 12.4. The molecule has 1 aliphatic rings. The minimum absolute atomic E-state index is 0. The summed E-state index contributed by atoms with van der Waals surface area (Å²) in [4.78, 5) is 4.26. The second kappa shape index (κ2) is 8.99. The average Bonchev–Trinajstić information content (AvgIpc) is 2.25. The van der Waals surface area contributed by atoms with E-state index < -0.39 is 0 Å². The molecule has 0 unspecified atom stereocenters. The van der Waals surface area contributed by atoms with Crippen molar-refractivity contribution in [2.24, 2.45) is 16.3 Å². The molecule has 0 aromatic carbocycles. The van der Waals surface area contributed by atoms with Crippen molar-refractivity contribution in [1.82, 2.24) is 10.6 Å². The molecule has 0 saturated heterocycles. The standard InChI is InChI=1S/C14H29N3.HI/c1-5-9-16-13(15-4)17-11-14(7-6-8-14)10-12(2)3;/h12H,5-11H2,1-4H3,(H2,15,16,17);1H. The van der Waals surface area contributed by atoms with Crippen LogP contribution in [0.3, 0.4) is 0 Å². The maximum Gasteiger partial charge on any atom is 0.190 e. The molecule has 1 saturated carbocycles. The average molecular weight is 367 g/mol. The molecule has 4 heteroatoms. The number of aliphatic imine (C=N–C) groups is 1. The molecule has 0 radical (unpaired) electrons. The highest BCUT2D eigenvalue weighted by molar-refractivity contribution is 14.0. The van der Waals surface area contributed by atoms with Gasteiger partial charge in [0.05, 0.1) is 0 Å². The summed E-state index contributed by atoms with van der Waals surface area (Å²) in [7, 11) is 1.85. The predicted octanol–water partition coefficient (Wildman–Crippen LogP) is 3.40. The lowest BCUT2D eigenvalue weighted by molar-refractivity contribution is 0.104. The third-order valence-corrected chi connectivity index (χ3v) is 3.65. The monoisotopic (exact) mass is 367 g/mol. The fourth-order valence-corrected chi connectivity index (χ4v) is 2.73. The van der Waals surface area contributed by atoms with E-state index in [4.69, 9.17) is 0 Å². The van der Waals surface area contributed by atoms with Gasteiger partial charge in [-0.25, -0.2) is 0 Å². The Morgan fingerprint density at radius 2 is 1.94 bits per heavy atom. The molecule has 1 fully saturated rings. The fourth-order valence-electron chi connectivity index (χ4n) is 2.73. The molecule has 1 aliphatic carbocycles. The van der Waals surface area contributed by atoms with Gasteiger partial charge in [0.1, 0.15) is 0 Å². The first kappa shape index (κ1) is 18.0. The van der Waals surface area contributed by atoms with E-state index in [1.165, 1.54) is 25.7 Å².